The van der Waals surface area contributed by atoms with Crippen LogP contribution >= 0.6 is 0 Å². The maximum absolute atomic E-state index is 12.8. The highest BCUT2D eigenvalue weighted by Gasteiger charge is 2.42. The van der Waals surface area contributed by atoms with E-state index in [1.165, 1.54) is 12.4 Å². The molecular weight excluding hydrogens is 264 g/mol. The van der Waals surface area contributed by atoms with Crippen molar-refractivity contribution in [2.45, 2.75) is 50.8 Å². The summed E-state index contributed by atoms with van der Waals surface area (Å²) in [5.41, 5.74) is -0.521. The molecule has 0 radical (unpaired) electrons. The largest absolute Gasteiger partial charge is 0.390 e. The van der Waals surface area contributed by atoms with E-state index in [9.17, 15) is 13.9 Å². The molecule has 1 saturated heterocycles. The van der Waals surface area contributed by atoms with Gasteiger partial charge in [-0.25, -0.2) is 4.98 Å². The molecule has 0 aromatic carbocycles. The van der Waals surface area contributed by atoms with Crippen LogP contribution in [0.15, 0.2) is 12.4 Å². The molecule has 0 spiro atoms. The van der Waals surface area contributed by atoms with Gasteiger partial charge in [0, 0.05) is 31.4 Å². The van der Waals surface area contributed by atoms with Crippen molar-refractivity contribution >= 4 is 0 Å². The van der Waals surface area contributed by atoms with Crippen molar-refractivity contribution in [1.29, 1.82) is 0 Å². The van der Waals surface area contributed by atoms with Gasteiger partial charge in [0.25, 0.3) is 0 Å². The first-order valence-electron chi connectivity index (χ1n) is 7.33. The summed E-state index contributed by atoms with van der Waals surface area (Å²) in [5, 5.41) is 10.6. The van der Waals surface area contributed by atoms with Crippen LogP contribution in [0.3, 0.4) is 0 Å². The average Bonchev–Trinajstić information content (AvgIpc) is 2.87. The monoisotopic (exact) mass is 285 g/mol. The zero-order valence-electron chi connectivity index (χ0n) is 11.5. The standard InChI is InChI=1S/C14H21F2N3O/c15-13(16)19-8-6-17-12(19)10-18-7-5-14(20)4-2-1-3-11(14)9-18/h6,8,11,13,20H,1-5,7,9-10H2. The van der Waals surface area contributed by atoms with Gasteiger partial charge < -0.3 is 5.11 Å². The lowest BCUT2D eigenvalue weighted by molar-refractivity contribution is -0.0976. The van der Waals surface area contributed by atoms with E-state index in [0.29, 0.717) is 12.4 Å². The highest BCUT2D eigenvalue weighted by molar-refractivity contribution is 4.98. The van der Waals surface area contributed by atoms with Crippen LogP contribution < -0.4 is 0 Å². The van der Waals surface area contributed by atoms with Gasteiger partial charge in [0.05, 0.1) is 12.1 Å². The van der Waals surface area contributed by atoms with Crippen molar-refractivity contribution in [2.24, 2.45) is 5.92 Å². The lowest BCUT2D eigenvalue weighted by atomic mass is 9.71. The molecular formula is C14H21F2N3O. The van der Waals surface area contributed by atoms with Gasteiger partial charge in [-0.1, -0.05) is 12.8 Å². The number of rotatable bonds is 3. The second-order valence-corrected chi connectivity index (χ2v) is 6.06. The van der Waals surface area contributed by atoms with Gasteiger partial charge in [-0.15, -0.1) is 0 Å². The Morgan fingerprint density at radius 1 is 1.40 bits per heavy atom. The van der Waals surface area contributed by atoms with Crippen molar-refractivity contribution < 1.29 is 13.9 Å². The summed E-state index contributed by atoms with van der Waals surface area (Å²) in [5.74, 6) is 0.682. The fraction of sp³-hybridized carbons (Fsp3) is 0.786. The first-order valence-corrected chi connectivity index (χ1v) is 7.33. The summed E-state index contributed by atoms with van der Waals surface area (Å²) in [6.45, 7) is -0.566. The van der Waals surface area contributed by atoms with E-state index in [1.807, 2.05) is 0 Å². The maximum atomic E-state index is 12.8. The van der Waals surface area contributed by atoms with E-state index in [4.69, 9.17) is 0 Å². The number of piperidine rings is 1. The average molecular weight is 285 g/mol. The smallest absolute Gasteiger partial charge is 0.319 e. The lowest BCUT2D eigenvalue weighted by Gasteiger charge is -2.47. The van der Waals surface area contributed by atoms with Crippen molar-refractivity contribution in [2.75, 3.05) is 13.1 Å². The van der Waals surface area contributed by atoms with Gasteiger partial charge in [-0.3, -0.25) is 9.47 Å². The SMILES string of the molecule is OC12CCCCC1CN(Cc1nccn1C(F)F)CC2. The highest BCUT2D eigenvalue weighted by Crippen LogP contribution is 2.40. The van der Waals surface area contributed by atoms with Gasteiger partial charge in [0.15, 0.2) is 0 Å². The molecule has 0 bridgehead atoms. The Morgan fingerprint density at radius 2 is 2.25 bits per heavy atom. The molecule has 1 aromatic heterocycles. The molecule has 1 aliphatic carbocycles. The number of hydrogen-bond donors (Lipinski definition) is 1. The third kappa shape index (κ3) is 2.59. The van der Waals surface area contributed by atoms with E-state index in [-0.39, 0.29) is 5.92 Å². The minimum atomic E-state index is -2.54. The lowest BCUT2D eigenvalue weighted by Crippen LogP contribution is -2.53. The van der Waals surface area contributed by atoms with E-state index >= 15 is 0 Å². The van der Waals surface area contributed by atoms with Crippen LogP contribution in [0, 0.1) is 5.92 Å². The number of fused-ring (bicyclic) bond motifs is 1. The molecule has 1 aliphatic heterocycles. The fourth-order valence-corrected chi connectivity index (χ4v) is 3.63. The van der Waals surface area contributed by atoms with Crippen molar-refractivity contribution in [3.8, 4) is 0 Å². The summed E-state index contributed by atoms with van der Waals surface area (Å²) in [7, 11) is 0. The third-order valence-electron chi connectivity index (χ3n) is 4.84. The molecule has 0 amide bonds. The van der Waals surface area contributed by atoms with Gasteiger partial charge in [-0.05, 0) is 19.3 Å². The molecule has 4 nitrogen and oxygen atoms in total. The second kappa shape index (κ2) is 5.41. The minimum absolute atomic E-state index is 0.278. The van der Waals surface area contributed by atoms with E-state index in [1.54, 1.807) is 0 Å². The Balaban J connectivity index is 1.66. The van der Waals surface area contributed by atoms with Crippen LogP contribution in [0.25, 0.3) is 0 Å². The van der Waals surface area contributed by atoms with Crippen molar-refractivity contribution in [1.82, 2.24) is 14.5 Å². The van der Waals surface area contributed by atoms with Gasteiger partial charge in [0.1, 0.15) is 5.82 Å². The van der Waals surface area contributed by atoms with Gasteiger partial charge >= 0.3 is 6.55 Å². The molecule has 112 valence electrons. The number of halogens is 2. The molecule has 2 heterocycles. The summed E-state index contributed by atoms with van der Waals surface area (Å²) in [4.78, 5) is 6.18. The highest BCUT2D eigenvalue weighted by atomic mass is 19.3. The second-order valence-electron chi connectivity index (χ2n) is 6.06. The Hall–Kier alpha value is -1.01. The molecule has 1 N–H and O–H groups in total. The van der Waals surface area contributed by atoms with Crippen LogP contribution in [0.5, 0.6) is 0 Å². The molecule has 2 fully saturated rings. The van der Waals surface area contributed by atoms with Crippen LogP contribution in [-0.4, -0.2) is 38.2 Å². The maximum Gasteiger partial charge on any atom is 0.319 e. The van der Waals surface area contributed by atoms with Crippen molar-refractivity contribution in [3.63, 3.8) is 0 Å². The molecule has 2 atom stereocenters. The predicted molar refractivity (Wildman–Crippen MR) is 70.3 cm³/mol. The van der Waals surface area contributed by atoms with E-state index < -0.39 is 12.2 Å². The number of hydrogen-bond acceptors (Lipinski definition) is 3. The number of imidazole rings is 1. The fourth-order valence-electron chi connectivity index (χ4n) is 3.63. The van der Waals surface area contributed by atoms with Gasteiger partial charge in [0.2, 0.25) is 0 Å². The first kappa shape index (κ1) is 13.9. The van der Waals surface area contributed by atoms with Crippen LogP contribution in [0.4, 0.5) is 8.78 Å². The summed E-state index contributed by atoms with van der Waals surface area (Å²) >= 11 is 0. The number of aliphatic hydroxyl groups is 1. The number of likely N-dealkylation sites (tertiary alicyclic amines) is 1. The number of nitrogens with zero attached hydrogens (tertiary/aromatic N) is 3. The predicted octanol–water partition coefficient (Wildman–Crippen LogP) is 2.41. The zero-order valence-corrected chi connectivity index (χ0v) is 11.5. The molecule has 20 heavy (non-hydrogen) atoms. The molecule has 1 aromatic rings. The molecule has 3 rings (SSSR count). The third-order valence-corrected chi connectivity index (χ3v) is 4.84. The van der Waals surface area contributed by atoms with Crippen LogP contribution in [-0.2, 0) is 6.54 Å². The van der Waals surface area contributed by atoms with E-state index in [2.05, 4.69) is 9.88 Å². The number of alkyl halides is 2. The quantitative estimate of drug-likeness (QED) is 0.927. The molecule has 1 saturated carbocycles. The molecule has 2 unspecified atom stereocenters. The molecule has 6 heteroatoms. The van der Waals surface area contributed by atoms with Gasteiger partial charge in [-0.2, -0.15) is 8.78 Å². The van der Waals surface area contributed by atoms with Crippen molar-refractivity contribution in [3.05, 3.63) is 18.2 Å². The Kier molecular flexibility index (Phi) is 3.77. The first-order chi connectivity index (χ1) is 9.58. The van der Waals surface area contributed by atoms with E-state index in [0.717, 1.165) is 49.8 Å². The Morgan fingerprint density at radius 3 is 3.05 bits per heavy atom. The summed E-state index contributed by atoms with van der Waals surface area (Å²) in [6, 6.07) is 0. The molecule has 2 aliphatic rings. The van der Waals surface area contributed by atoms with Crippen LogP contribution in [0.1, 0.15) is 44.5 Å². The summed E-state index contributed by atoms with van der Waals surface area (Å²) < 4.78 is 26.5. The normalized spacial score (nSPS) is 31.5. The Bertz CT molecular complexity index is 465. The summed E-state index contributed by atoms with van der Waals surface area (Å²) in [6.07, 6.45) is 7.67. The zero-order chi connectivity index (χ0) is 14.2. The number of aromatic nitrogens is 2. The topological polar surface area (TPSA) is 41.3 Å². The minimum Gasteiger partial charge on any atom is -0.390 e. The van der Waals surface area contributed by atoms with Crippen LogP contribution in [0.2, 0.25) is 0 Å². The Labute approximate surface area is 117 Å².